The third-order valence-corrected chi connectivity index (χ3v) is 11.0. The van der Waals surface area contributed by atoms with Crippen molar-refractivity contribution in [3.8, 4) is 0 Å². The van der Waals surface area contributed by atoms with Gasteiger partial charge >= 0.3 is 0 Å². The fourth-order valence-electron chi connectivity index (χ4n) is 7.48. The number of aliphatic hydroxyl groups excluding tert-OH is 1. The van der Waals surface area contributed by atoms with E-state index in [4.69, 9.17) is 14.6 Å². The van der Waals surface area contributed by atoms with Crippen molar-refractivity contribution in [2.45, 2.75) is 265 Å². The van der Waals surface area contributed by atoms with E-state index in [1.54, 1.807) is 0 Å². The van der Waals surface area contributed by atoms with Crippen LogP contribution in [0.4, 0.5) is 0 Å². The highest BCUT2D eigenvalue weighted by Gasteiger charge is 2.10. The van der Waals surface area contributed by atoms with Crippen molar-refractivity contribution in [1.29, 1.82) is 0 Å². The number of carbonyl (C=O) groups is 2. The predicted molar refractivity (Wildman–Crippen MR) is 237 cm³/mol. The summed E-state index contributed by atoms with van der Waals surface area (Å²) in [5.74, 6) is 1.01. The number of nitrogens with zero attached hydrogens (tertiary/aromatic N) is 1. The minimum atomic E-state index is -0.250. The van der Waals surface area contributed by atoms with Crippen molar-refractivity contribution >= 4 is 12.9 Å². The normalized spacial score (nSPS) is 11.1. The molecule has 0 aliphatic heterocycles. The summed E-state index contributed by atoms with van der Waals surface area (Å²) >= 11 is 0. The van der Waals surface area contributed by atoms with Gasteiger partial charge in [-0.25, -0.2) is 0 Å². The van der Waals surface area contributed by atoms with Crippen LogP contribution >= 0.6 is 0 Å². The molecule has 0 amide bonds. The molecular weight excluding hydrogens is 671 g/mol. The maximum atomic E-state index is 10.5. The van der Waals surface area contributed by atoms with Crippen LogP contribution in [0.1, 0.15) is 259 Å². The number of ether oxygens (including phenoxy) is 1. The van der Waals surface area contributed by atoms with E-state index in [0.717, 1.165) is 31.7 Å². The van der Waals surface area contributed by atoms with E-state index in [0.29, 0.717) is 13.1 Å². The first kappa shape index (κ1) is 57.2. The second-order valence-electron chi connectivity index (χ2n) is 16.2. The third kappa shape index (κ3) is 50.9. The summed E-state index contributed by atoms with van der Waals surface area (Å²) in [5.41, 5.74) is 0. The van der Waals surface area contributed by atoms with E-state index in [9.17, 15) is 9.90 Å². The van der Waals surface area contributed by atoms with Gasteiger partial charge in [0, 0.05) is 13.2 Å². The van der Waals surface area contributed by atoms with E-state index >= 15 is 0 Å². The summed E-state index contributed by atoms with van der Waals surface area (Å²) in [6.45, 7) is 15.7. The fourth-order valence-corrected chi connectivity index (χ4v) is 7.48. The van der Waals surface area contributed by atoms with Crippen LogP contribution in [0.3, 0.4) is 0 Å². The van der Waals surface area contributed by atoms with Gasteiger partial charge in [-0.2, -0.15) is 0 Å². The van der Waals surface area contributed by atoms with Crippen molar-refractivity contribution in [3.05, 3.63) is 0 Å². The van der Waals surface area contributed by atoms with Gasteiger partial charge in [0.2, 0.25) is 0 Å². The summed E-state index contributed by atoms with van der Waals surface area (Å²) < 4.78 is 5.22. The lowest BCUT2D eigenvalue weighted by atomic mass is 9.90. The molecule has 0 unspecified atom stereocenters. The number of carboxylic acid groups (broad SMARTS) is 1. The van der Waals surface area contributed by atoms with Gasteiger partial charge in [-0.15, -0.1) is 0 Å². The number of aliphatic hydroxyl groups is 1. The molecule has 0 saturated carbocycles. The smallest absolute Gasteiger partial charge is 0.293 e. The summed E-state index contributed by atoms with van der Waals surface area (Å²) in [4.78, 5) is 21.5. The van der Waals surface area contributed by atoms with E-state index in [1.165, 1.54) is 219 Å². The minimum Gasteiger partial charge on any atom is -0.483 e. The Bertz CT molecular complexity index is 639. The molecule has 0 aromatic rings. The van der Waals surface area contributed by atoms with Crippen LogP contribution in [-0.2, 0) is 14.3 Å². The Hall–Kier alpha value is -1.14. The van der Waals surface area contributed by atoms with Crippen LogP contribution in [0, 0.1) is 5.92 Å². The number of hydrogen-bond acceptors (Lipinski definition) is 5. The molecule has 0 spiro atoms. The van der Waals surface area contributed by atoms with Crippen molar-refractivity contribution in [2.75, 3.05) is 26.2 Å². The predicted octanol–water partition coefficient (Wildman–Crippen LogP) is 14.9. The van der Waals surface area contributed by atoms with Gasteiger partial charge in [0.15, 0.2) is 0 Å². The number of rotatable bonds is 42. The number of hydrogen-bond donors (Lipinski definition) is 2. The maximum absolute atomic E-state index is 10.5. The van der Waals surface area contributed by atoms with Gasteiger partial charge < -0.3 is 19.8 Å². The Labute approximate surface area is 339 Å². The standard InChI is InChI=1S/C29H61NO.C18H36O2.CH2O2/c1-4-7-10-11-16-19-25-30(27-21-28-31)26-20-17-14-12-13-15-18-24-29(22-8-5-2)23-9-6-3;1-3-5-7-9-11-13-15-18(20-17-19)16-14-12-10-8-6-4-2;2-1-3/h29,31H,4-28H2,1-3H3;17-18H,3-16H2,1-2H3;1H,(H,2,3). The summed E-state index contributed by atoms with van der Waals surface area (Å²) in [6.07, 6.45) is 47.1. The Morgan fingerprint density at radius 2 is 0.722 bits per heavy atom. The highest BCUT2D eigenvalue weighted by molar-refractivity contribution is 5.37. The molecule has 0 aliphatic carbocycles. The van der Waals surface area contributed by atoms with Gasteiger partial charge in [0.05, 0.1) is 0 Å². The first-order chi connectivity index (χ1) is 26.5. The molecule has 6 heteroatoms. The molecule has 0 saturated heterocycles. The second-order valence-corrected chi connectivity index (χ2v) is 16.2. The quantitative estimate of drug-likeness (QED) is 0.0475. The van der Waals surface area contributed by atoms with Crippen LogP contribution in [0.15, 0.2) is 0 Å². The number of unbranched alkanes of at least 4 members (excludes halogenated alkanes) is 23. The second kappa shape index (κ2) is 54.0. The molecule has 0 heterocycles. The lowest BCUT2D eigenvalue weighted by Crippen LogP contribution is -2.27. The van der Waals surface area contributed by atoms with E-state index in [1.807, 2.05) is 0 Å². The molecule has 6 nitrogen and oxygen atoms in total. The molecule has 0 bridgehead atoms. The number of carbonyl (C=O) groups excluding carboxylic acids is 1. The van der Waals surface area contributed by atoms with Gasteiger partial charge in [-0.05, 0) is 64.0 Å². The zero-order valence-electron chi connectivity index (χ0n) is 37.5. The van der Waals surface area contributed by atoms with Gasteiger partial charge in [0.1, 0.15) is 6.10 Å². The average molecular weight is 770 g/mol. The molecule has 0 rings (SSSR count). The zero-order chi connectivity index (χ0) is 40.4. The fraction of sp³-hybridized carbons (Fsp3) is 0.958. The molecule has 0 radical (unpaired) electrons. The first-order valence-electron chi connectivity index (χ1n) is 24.0. The highest BCUT2D eigenvalue weighted by Crippen LogP contribution is 2.23. The monoisotopic (exact) mass is 770 g/mol. The van der Waals surface area contributed by atoms with Crippen molar-refractivity contribution in [2.24, 2.45) is 5.92 Å². The molecule has 0 atom stereocenters. The van der Waals surface area contributed by atoms with Crippen LogP contribution in [0.2, 0.25) is 0 Å². The molecule has 0 aromatic carbocycles. The average Bonchev–Trinajstić information content (AvgIpc) is 3.18. The van der Waals surface area contributed by atoms with Gasteiger partial charge in [0.25, 0.3) is 12.9 Å². The Morgan fingerprint density at radius 3 is 1.07 bits per heavy atom. The lowest BCUT2D eigenvalue weighted by Gasteiger charge is -2.22. The molecule has 2 N–H and O–H groups in total. The molecule has 326 valence electrons. The summed E-state index contributed by atoms with van der Waals surface area (Å²) in [7, 11) is 0. The van der Waals surface area contributed by atoms with Crippen molar-refractivity contribution in [1.82, 2.24) is 4.90 Å². The molecular formula is C48H99NO5. The maximum Gasteiger partial charge on any atom is 0.293 e. The molecule has 54 heavy (non-hydrogen) atoms. The molecule has 0 aromatic heterocycles. The Balaban J connectivity index is -0.000000970. The minimum absolute atomic E-state index is 0.171. The van der Waals surface area contributed by atoms with Crippen LogP contribution in [0.25, 0.3) is 0 Å². The molecule has 0 aliphatic rings. The SMILES string of the molecule is CCCCCCCCC(CCCCCCCC)OC=O.CCCCCCCCN(CCCO)CCCCCCCCCC(CCCC)CCCC.O=CO. The zero-order valence-corrected chi connectivity index (χ0v) is 37.5. The van der Waals surface area contributed by atoms with Crippen molar-refractivity contribution < 1.29 is 24.5 Å². The topological polar surface area (TPSA) is 87.1 Å². The van der Waals surface area contributed by atoms with Crippen LogP contribution in [0.5, 0.6) is 0 Å². The summed E-state index contributed by atoms with van der Waals surface area (Å²) in [6, 6.07) is 0. The van der Waals surface area contributed by atoms with Gasteiger partial charge in [-0.3, -0.25) is 9.59 Å². The largest absolute Gasteiger partial charge is 0.483 e. The third-order valence-electron chi connectivity index (χ3n) is 11.0. The van der Waals surface area contributed by atoms with Gasteiger partial charge in [-0.1, -0.05) is 214 Å². The van der Waals surface area contributed by atoms with E-state index in [2.05, 4.69) is 39.5 Å². The van der Waals surface area contributed by atoms with E-state index in [-0.39, 0.29) is 12.6 Å². The lowest BCUT2D eigenvalue weighted by molar-refractivity contribution is -0.134. The van der Waals surface area contributed by atoms with E-state index < -0.39 is 0 Å². The van der Waals surface area contributed by atoms with Crippen LogP contribution < -0.4 is 0 Å². The Morgan fingerprint density at radius 1 is 0.426 bits per heavy atom. The van der Waals surface area contributed by atoms with Crippen molar-refractivity contribution in [3.63, 3.8) is 0 Å². The first-order valence-corrected chi connectivity index (χ1v) is 24.0. The Kier molecular flexibility index (Phi) is 57.1. The van der Waals surface area contributed by atoms with Crippen LogP contribution in [-0.4, -0.2) is 60.4 Å². The highest BCUT2D eigenvalue weighted by atomic mass is 16.5. The molecule has 0 fully saturated rings. The summed E-state index contributed by atoms with van der Waals surface area (Å²) in [5, 5.41) is 16.1.